The van der Waals surface area contributed by atoms with Crippen molar-refractivity contribution in [2.45, 2.75) is 70.6 Å². The predicted octanol–water partition coefficient (Wildman–Crippen LogP) is 5.03. The van der Waals surface area contributed by atoms with Crippen molar-refractivity contribution in [1.82, 2.24) is 0 Å². The van der Waals surface area contributed by atoms with Gasteiger partial charge in [-0.3, -0.25) is 0 Å². The van der Waals surface area contributed by atoms with Crippen LogP contribution in [-0.4, -0.2) is 0 Å². The fourth-order valence-corrected chi connectivity index (χ4v) is 6.50. The van der Waals surface area contributed by atoms with E-state index in [4.69, 9.17) is 0 Å². The Hall–Kier alpha value is 0. The summed E-state index contributed by atoms with van der Waals surface area (Å²) >= 11 is 0. The van der Waals surface area contributed by atoms with Gasteiger partial charge in [-0.05, 0) is 48.3 Å². The standard InChI is InChI=1S/C17H28/c1-4-12-6-2-8-14-10-11-15-9-3-7-13(5-1)17(15)16(12)14/h12-17H,1-11H2. The van der Waals surface area contributed by atoms with Crippen LogP contribution >= 0.6 is 0 Å². The van der Waals surface area contributed by atoms with Crippen LogP contribution in [0.15, 0.2) is 0 Å². The molecule has 0 aliphatic heterocycles. The highest BCUT2D eigenvalue weighted by Gasteiger charge is 2.49. The molecule has 0 aromatic heterocycles. The Balaban J connectivity index is 1.68. The largest absolute Gasteiger partial charge is 0.0528 e. The molecule has 0 N–H and O–H groups in total. The lowest BCUT2D eigenvalue weighted by molar-refractivity contribution is -0.0330. The van der Waals surface area contributed by atoms with Gasteiger partial charge in [0.05, 0.1) is 0 Å². The molecular formula is C17H28. The first-order chi connectivity index (χ1) is 8.43. The van der Waals surface area contributed by atoms with Crippen LogP contribution in [-0.2, 0) is 0 Å². The summed E-state index contributed by atoms with van der Waals surface area (Å²) in [6.45, 7) is 0. The maximum atomic E-state index is 1.61. The zero-order valence-corrected chi connectivity index (χ0v) is 11.2. The van der Waals surface area contributed by atoms with Crippen molar-refractivity contribution in [3.63, 3.8) is 0 Å². The fraction of sp³-hybridized carbons (Fsp3) is 1.00. The lowest BCUT2D eigenvalue weighted by atomic mass is 9.52. The van der Waals surface area contributed by atoms with Crippen molar-refractivity contribution in [2.75, 3.05) is 0 Å². The normalized spacial score (nSPS) is 53.6. The average Bonchev–Trinajstić information content (AvgIpc) is 2.57. The van der Waals surface area contributed by atoms with E-state index in [2.05, 4.69) is 0 Å². The predicted molar refractivity (Wildman–Crippen MR) is 71.7 cm³/mol. The molecule has 96 valence electrons. The molecule has 0 aromatic carbocycles. The van der Waals surface area contributed by atoms with Gasteiger partial charge in [0.2, 0.25) is 0 Å². The minimum atomic E-state index is 1.16. The van der Waals surface area contributed by atoms with Crippen LogP contribution in [0.3, 0.4) is 0 Å². The molecule has 6 atom stereocenters. The molecule has 4 aliphatic rings. The molecule has 0 bridgehead atoms. The maximum absolute atomic E-state index is 1.61. The van der Waals surface area contributed by atoms with E-state index in [9.17, 15) is 0 Å². The van der Waals surface area contributed by atoms with Crippen molar-refractivity contribution in [1.29, 1.82) is 0 Å². The first-order valence-corrected chi connectivity index (χ1v) is 8.43. The molecule has 17 heavy (non-hydrogen) atoms. The van der Waals surface area contributed by atoms with Gasteiger partial charge in [0.15, 0.2) is 0 Å². The van der Waals surface area contributed by atoms with E-state index < -0.39 is 0 Å². The molecular weight excluding hydrogens is 204 g/mol. The summed E-state index contributed by atoms with van der Waals surface area (Å²) in [5.74, 6) is 7.02. The molecule has 6 unspecified atom stereocenters. The number of rotatable bonds is 0. The summed E-state index contributed by atoms with van der Waals surface area (Å²) in [5.41, 5.74) is 0. The molecule has 4 aliphatic carbocycles. The Bertz CT molecular complexity index is 254. The molecule has 0 aromatic rings. The van der Waals surface area contributed by atoms with Crippen LogP contribution in [0.25, 0.3) is 0 Å². The van der Waals surface area contributed by atoms with Crippen LogP contribution in [0.5, 0.6) is 0 Å². The van der Waals surface area contributed by atoms with E-state index >= 15 is 0 Å². The van der Waals surface area contributed by atoms with Gasteiger partial charge in [-0.1, -0.05) is 57.8 Å². The van der Waals surface area contributed by atoms with E-state index in [0.29, 0.717) is 0 Å². The first-order valence-electron chi connectivity index (χ1n) is 8.43. The Morgan fingerprint density at radius 3 is 1.00 bits per heavy atom. The number of hydrogen-bond donors (Lipinski definition) is 0. The lowest BCUT2D eigenvalue weighted by Crippen LogP contribution is -2.45. The SMILES string of the molecule is C1CC2CCCC3CCC4CCCC(C1)C4C23. The monoisotopic (exact) mass is 232 g/mol. The lowest BCUT2D eigenvalue weighted by Gasteiger charge is -2.53. The smallest absolute Gasteiger partial charge is 0.0324 e. The molecule has 4 fully saturated rings. The second-order valence-electron chi connectivity index (χ2n) is 7.57. The minimum Gasteiger partial charge on any atom is -0.0528 e. The highest BCUT2D eigenvalue weighted by Crippen LogP contribution is 2.58. The fourth-order valence-electron chi connectivity index (χ4n) is 6.50. The highest BCUT2D eigenvalue weighted by molar-refractivity contribution is 4.99. The van der Waals surface area contributed by atoms with Gasteiger partial charge in [0, 0.05) is 0 Å². The van der Waals surface area contributed by atoms with Gasteiger partial charge in [-0.2, -0.15) is 0 Å². The summed E-state index contributed by atoms with van der Waals surface area (Å²) < 4.78 is 0. The topological polar surface area (TPSA) is 0 Å². The Morgan fingerprint density at radius 1 is 0.353 bits per heavy atom. The van der Waals surface area contributed by atoms with Crippen molar-refractivity contribution in [3.05, 3.63) is 0 Å². The van der Waals surface area contributed by atoms with E-state index in [1.165, 1.54) is 11.8 Å². The van der Waals surface area contributed by atoms with Crippen LogP contribution in [0.1, 0.15) is 70.6 Å². The van der Waals surface area contributed by atoms with Gasteiger partial charge in [-0.15, -0.1) is 0 Å². The van der Waals surface area contributed by atoms with Gasteiger partial charge in [0.25, 0.3) is 0 Å². The Morgan fingerprint density at radius 2 is 0.647 bits per heavy atom. The van der Waals surface area contributed by atoms with Gasteiger partial charge in [-0.25, -0.2) is 0 Å². The van der Waals surface area contributed by atoms with Crippen molar-refractivity contribution in [2.24, 2.45) is 35.5 Å². The molecule has 0 saturated heterocycles. The van der Waals surface area contributed by atoms with Gasteiger partial charge >= 0.3 is 0 Å². The minimum absolute atomic E-state index is 1.16. The van der Waals surface area contributed by atoms with Crippen LogP contribution < -0.4 is 0 Å². The van der Waals surface area contributed by atoms with Crippen molar-refractivity contribution >= 4 is 0 Å². The average molecular weight is 232 g/mol. The summed E-state index contributed by atoms with van der Waals surface area (Å²) in [7, 11) is 0. The van der Waals surface area contributed by atoms with Crippen molar-refractivity contribution in [3.8, 4) is 0 Å². The van der Waals surface area contributed by atoms with E-state index in [1.807, 2.05) is 0 Å². The maximum Gasteiger partial charge on any atom is -0.0324 e. The second-order valence-corrected chi connectivity index (χ2v) is 7.57. The van der Waals surface area contributed by atoms with E-state index in [0.717, 1.165) is 23.7 Å². The Labute approximate surface area is 107 Å². The molecule has 4 rings (SSSR count). The summed E-state index contributed by atoms with van der Waals surface area (Å²) in [4.78, 5) is 0. The zero-order valence-electron chi connectivity index (χ0n) is 11.2. The summed E-state index contributed by atoms with van der Waals surface area (Å²) in [6.07, 6.45) is 17.5. The number of hydrogen-bond acceptors (Lipinski definition) is 0. The first kappa shape index (κ1) is 10.9. The van der Waals surface area contributed by atoms with Crippen LogP contribution in [0, 0.1) is 35.5 Å². The van der Waals surface area contributed by atoms with Crippen molar-refractivity contribution < 1.29 is 0 Å². The molecule has 0 radical (unpaired) electrons. The molecule has 0 spiro atoms. The summed E-state index contributed by atoms with van der Waals surface area (Å²) in [6, 6.07) is 0. The van der Waals surface area contributed by atoms with Crippen LogP contribution in [0.4, 0.5) is 0 Å². The quantitative estimate of drug-likeness (QED) is 0.549. The molecule has 0 heterocycles. The van der Waals surface area contributed by atoms with E-state index in [-0.39, 0.29) is 0 Å². The molecule has 0 amide bonds. The highest BCUT2D eigenvalue weighted by atomic mass is 14.5. The van der Waals surface area contributed by atoms with E-state index in [1.54, 1.807) is 70.6 Å². The van der Waals surface area contributed by atoms with Gasteiger partial charge in [0.1, 0.15) is 0 Å². The second kappa shape index (κ2) is 4.28. The Kier molecular flexibility index (Phi) is 2.74. The molecule has 0 heteroatoms. The van der Waals surface area contributed by atoms with Gasteiger partial charge < -0.3 is 0 Å². The third-order valence-electron chi connectivity index (χ3n) is 6.98. The third-order valence-corrected chi connectivity index (χ3v) is 6.98. The summed E-state index contributed by atoms with van der Waals surface area (Å²) in [5, 5.41) is 0. The molecule has 0 nitrogen and oxygen atoms in total. The molecule has 4 saturated carbocycles. The third kappa shape index (κ3) is 1.70. The zero-order chi connectivity index (χ0) is 11.2. The van der Waals surface area contributed by atoms with Crippen LogP contribution in [0.2, 0.25) is 0 Å².